The summed E-state index contributed by atoms with van der Waals surface area (Å²) < 4.78 is 10.6. The molecule has 3 heterocycles. The first-order valence-electron chi connectivity index (χ1n) is 23.5. The third-order valence-corrected chi connectivity index (χ3v) is 14.6. The van der Waals surface area contributed by atoms with Crippen molar-refractivity contribution >= 4 is 65.4 Å². The Labute approximate surface area is 392 Å². The fraction of sp³-hybridized carbons (Fsp3) is 0.0469. The highest BCUT2D eigenvalue weighted by Gasteiger charge is 2.26. The predicted molar refractivity (Wildman–Crippen MR) is 282 cm³/mol. The molecule has 1 aliphatic carbocycles. The molecule has 68 heavy (non-hydrogen) atoms. The van der Waals surface area contributed by atoms with Gasteiger partial charge in [0.25, 0.3) is 0 Å². The van der Waals surface area contributed by atoms with Crippen LogP contribution in [0.5, 0.6) is 0 Å². The second-order valence-electron chi connectivity index (χ2n) is 18.3. The quantitative estimate of drug-likeness (QED) is 0.128. The predicted octanol–water partition coefficient (Wildman–Crippen LogP) is 16.2. The van der Waals surface area contributed by atoms with Crippen molar-refractivity contribution in [2.45, 2.75) is 18.8 Å². The van der Waals surface area contributed by atoms with Crippen molar-refractivity contribution in [3.63, 3.8) is 0 Å². The fourth-order valence-corrected chi connectivity index (χ4v) is 11.4. The van der Waals surface area contributed by atoms with Crippen LogP contribution in [0.2, 0.25) is 0 Å². The Balaban J connectivity index is 0.964. The van der Waals surface area contributed by atoms with E-state index in [9.17, 15) is 4.79 Å². The first-order valence-corrected chi connectivity index (χ1v) is 23.5. The lowest BCUT2D eigenvalue weighted by Gasteiger charge is -2.20. The number of fused-ring (bicyclic) bond motifs is 12. The minimum absolute atomic E-state index is 0.197. The molecule has 10 aromatic carbocycles. The van der Waals surface area contributed by atoms with Gasteiger partial charge in [0, 0.05) is 49.6 Å². The van der Waals surface area contributed by atoms with Gasteiger partial charge in [-0.25, -0.2) is 4.79 Å². The van der Waals surface area contributed by atoms with E-state index >= 15 is 0 Å². The van der Waals surface area contributed by atoms with Gasteiger partial charge in [0.15, 0.2) is 0 Å². The molecule has 1 atom stereocenters. The van der Waals surface area contributed by atoms with Crippen molar-refractivity contribution in [3.05, 3.63) is 252 Å². The van der Waals surface area contributed by atoms with E-state index in [0.717, 1.165) is 51.6 Å². The monoisotopic (exact) mass is 870 g/mol. The van der Waals surface area contributed by atoms with Crippen LogP contribution in [-0.4, -0.2) is 9.13 Å². The summed E-state index contributed by atoms with van der Waals surface area (Å²) in [5.74, 6) is 0.197. The summed E-state index contributed by atoms with van der Waals surface area (Å²) in [6, 6.07) is 81.2. The van der Waals surface area contributed by atoms with Crippen LogP contribution < -0.4 is 5.63 Å². The first kappa shape index (κ1) is 38.5. The molecule has 0 amide bonds. The van der Waals surface area contributed by atoms with Gasteiger partial charge in [-0.1, -0.05) is 133 Å². The maximum Gasteiger partial charge on any atom is 0.344 e. The molecule has 1 aliphatic rings. The van der Waals surface area contributed by atoms with E-state index in [1.54, 1.807) is 0 Å². The van der Waals surface area contributed by atoms with Crippen LogP contribution in [0, 0.1) is 0 Å². The van der Waals surface area contributed by atoms with Gasteiger partial charge in [-0.3, -0.25) is 0 Å². The summed E-state index contributed by atoms with van der Waals surface area (Å²) in [5, 5.41) is 7.40. The molecule has 320 valence electrons. The highest BCUT2D eigenvalue weighted by molar-refractivity contribution is 6.14. The van der Waals surface area contributed by atoms with Crippen LogP contribution in [-0.2, 0) is 6.42 Å². The smallest absolute Gasteiger partial charge is 0.344 e. The van der Waals surface area contributed by atoms with Crippen LogP contribution in [0.25, 0.3) is 110 Å². The molecular weight excluding hydrogens is 829 g/mol. The van der Waals surface area contributed by atoms with Crippen LogP contribution in [0.15, 0.2) is 234 Å². The van der Waals surface area contributed by atoms with E-state index in [-0.39, 0.29) is 11.5 Å². The molecule has 0 fully saturated rings. The number of hydrogen-bond donors (Lipinski definition) is 0. The average Bonchev–Trinajstić information content (AvgIpc) is 3.85. The molecule has 0 aliphatic heterocycles. The Morgan fingerprint density at radius 3 is 1.51 bits per heavy atom. The second-order valence-corrected chi connectivity index (χ2v) is 18.3. The lowest BCUT2D eigenvalue weighted by Crippen LogP contribution is -2.02. The fourth-order valence-electron chi connectivity index (χ4n) is 11.4. The van der Waals surface area contributed by atoms with E-state index in [1.165, 1.54) is 77.0 Å². The van der Waals surface area contributed by atoms with Crippen LogP contribution in [0.4, 0.5) is 0 Å². The van der Waals surface area contributed by atoms with Gasteiger partial charge in [-0.15, -0.1) is 0 Å². The normalized spacial score (nSPS) is 13.7. The Morgan fingerprint density at radius 2 is 0.882 bits per heavy atom. The standard InChI is InChI=1S/C64H42N2O2/c67-64-58-38-45-25-29-48(40-14-4-1-5-15-40)49-30-24-41(34-53(49)52(45)39-54(58)51-21-11-13-23-63(51)68-64)43-27-32-61-56(36-43)57-37-44(28-33-62(57)66(61)47-18-8-3-9-19-47)42-26-31-60-55(35-42)50-20-10-12-22-59(50)65(60)46-16-6-2-7-17-46/h1-24,26-28,30-39,48H,25,29H2. The zero-order valence-electron chi connectivity index (χ0n) is 37.1. The molecule has 4 nitrogen and oxygen atoms in total. The van der Waals surface area contributed by atoms with Crippen LogP contribution in [0.1, 0.15) is 29.0 Å². The highest BCUT2D eigenvalue weighted by atomic mass is 16.4. The summed E-state index contributed by atoms with van der Waals surface area (Å²) in [4.78, 5) is 13.5. The van der Waals surface area contributed by atoms with Crippen molar-refractivity contribution in [1.29, 1.82) is 0 Å². The van der Waals surface area contributed by atoms with E-state index in [2.05, 4.69) is 215 Å². The van der Waals surface area contributed by atoms with Crippen molar-refractivity contribution in [1.82, 2.24) is 9.13 Å². The van der Waals surface area contributed by atoms with Crippen LogP contribution >= 0.6 is 0 Å². The number of aromatic nitrogens is 2. The van der Waals surface area contributed by atoms with E-state index in [0.29, 0.717) is 11.0 Å². The third-order valence-electron chi connectivity index (χ3n) is 14.6. The van der Waals surface area contributed by atoms with Gasteiger partial charge < -0.3 is 13.6 Å². The minimum Gasteiger partial charge on any atom is -0.422 e. The Hall–Kier alpha value is -8.73. The Morgan fingerprint density at radius 1 is 0.382 bits per heavy atom. The molecule has 13 aromatic rings. The largest absolute Gasteiger partial charge is 0.422 e. The summed E-state index contributed by atoms with van der Waals surface area (Å²) in [5.41, 5.74) is 18.2. The molecular formula is C64H42N2O2. The molecule has 14 rings (SSSR count). The molecule has 0 radical (unpaired) electrons. The van der Waals surface area contributed by atoms with E-state index in [1.807, 2.05) is 18.2 Å². The van der Waals surface area contributed by atoms with Gasteiger partial charge in [0.1, 0.15) is 5.58 Å². The average molecular weight is 871 g/mol. The molecule has 0 spiro atoms. The lowest BCUT2D eigenvalue weighted by atomic mass is 9.84. The number of benzene rings is 10. The van der Waals surface area contributed by atoms with Gasteiger partial charge in [-0.05, 0) is 154 Å². The number of hydrogen-bond acceptors (Lipinski definition) is 2. The topological polar surface area (TPSA) is 40.1 Å². The van der Waals surface area contributed by atoms with E-state index < -0.39 is 0 Å². The van der Waals surface area contributed by atoms with Crippen molar-refractivity contribution in [2.75, 3.05) is 0 Å². The van der Waals surface area contributed by atoms with Crippen molar-refractivity contribution in [2.24, 2.45) is 0 Å². The molecule has 0 saturated carbocycles. The van der Waals surface area contributed by atoms with Gasteiger partial charge in [-0.2, -0.15) is 0 Å². The third kappa shape index (κ3) is 5.97. The van der Waals surface area contributed by atoms with Crippen molar-refractivity contribution < 1.29 is 4.42 Å². The maximum atomic E-state index is 13.5. The van der Waals surface area contributed by atoms with Gasteiger partial charge in [0.2, 0.25) is 0 Å². The number of rotatable bonds is 5. The molecule has 3 aromatic heterocycles. The van der Waals surface area contributed by atoms with Gasteiger partial charge >= 0.3 is 5.63 Å². The summed E-state index contributed by atoms with van der Waals surface area (Å²) >= 11 is 0. The number of aryl methyl sites for hydroxylation is 1. The number of nitrogens with zero attached hydrogens (tertiary/aromatic N) is 2. The van der Waals surface area contributed by atoms with Gasteiger partial charge in [0.05, 0.1) is 27.5 Å². The second kappa shape index (κ2) is 15.2. The zero-order valence-corrected chi connectivity index (χ0v) is 37.1. The molecule has 0 N–H and O–H groups in total. The Kier molecular flexibility index (Phi) is 8.59. The van der Waals surface area contributed by atoms with Crippen LogP contribution in [0.3, 0.4) is 0 Å². The lowest BCUT2D eigenvalue weighted by molar-refractivity contribution is 0.569. The first-order chi connectivity index (χ1) is 33.6. The summed E-state index contributed by atoms with van der Waals surface area (Å²) in [6.45, 7) is 0. The maximum absolute atomic E-state index is 13.5. The highest BCUT2D eigenvalue weighted by Crippen LogP contribution is 2.46. The molecule has 0 saturated heterocycles. The Bertz CT molecular complexity index is 4220. The SMILES string of the molecule is O=c1oc2ccccc2c2cc3c(cc12)CCC(c1ccccc1)c1ccc(-c2ccc4c(c2)c2cc(-c5ccc6c(c5)c5ccccc5n6-c5ccccc5)ccc2n4-c2ccccc2)cc1-3. The van der Waals surface area contributed by atoms with E-state index in [4.69, 9.17) is 4.42 Å². The molecule has 4 heteroatoms. The zero-order chi connectivity index (χ0) is 44.9. The minimum atomic E-state index is -0.290. The summed E-state index contributed by atoms with van der Waals surface area (Å²) in [7, 11) is 0. The number of para-hydroxylation sites is 4. The summed E-state index contributed by atoms with van der Waals surface area (Å²) in [6.07, 6.45) is 1.78. The molecule has 0 bridgehead atoms. The van der Waals surface area contributed by atoms with Crippen molar-refractivity contribution in [3.8, 4) is 44.8 Å². The molecule has 1 unspecified atom stereocenters.